The number of hydrogen-bond acceptors (Lipinski definition) is 3. The van der Waals surface area contributed by atoms with Crippen molar-refractivity contribution >= 4 is 33.0 Å². The smallest absolute Gasteiger partial charge is 0.267 e. The van der Waals surface area contributed by atoms with Crippen LogP contribution in [0.3, 0.4) is 0 Å². The molecular weight excluding hydrogens is 322 g/mol. The van der Waals surface area contributed by atoms with Gasteiger partial charge in [-0.15, -0.1) is 0 Å². The summed E-state index contributed by atoms with van der Waals surface area (Å²) in [6.45, 7) is 0. The molecule has 8 heteroatoms. The molecule has 0 fully saturated rings. The Balaban J connectivity index is 2.57. The summed E-state index contributed by atoms with van der Waals surface area (Å²) in [6.07, 6.45) is 0. The molecule has 2 aromatic rings. The van der Waals surface area contributed by atoms with E-state index in [4.69, 9.17) is 17.3 Å². The van der Waals surface area contributed by atoms with Gasteiger partial charge in [-0.25, -0.2) is 17.2 Å². The lowest BCUT2D eigenvalue weighted by atomic mass is 10.3. The summed E-state index contributed by atoms with van der Waals surface area (Å²) in [7, 11) is -3.08. The second-order valence-electron chi connectivity index (χ2n) is 4.27. The Morgan fingerprint density at radius 3 is 2.48 bits per heavy atom. The van der Waals surface area contributed by atoms with Gasteiger partial charge in [0.05, 0.1) is 10.7 Å². The standard InChI is InChI=1S/C13H11ClF2N2O2S/c1-18(10-4-2-3-8(15)5-10)21(19,20)12-7-9(17)6-11(14)13(12)16/h2-7H,17H2,1H3. The molecular formula is C13H11ClF2N2O2S. The van der Waals surface area contributed by atoms with E-state index in [-0.39, 0.29) is 11.4 Å². The molecule has 0 atom stereocenters. The van der Waals surface area contributed by atoms with Gasteiger partial charge in [0.25, 0.3) is 10.0 Å². The number of nitrogens with two attached hydrogens (primary N) is 1. The second kappa shape index (κ2) is 5.50. The van der Waals surface area contributed by atoms with Gasteiger partial charge in [0.15, 0.2) is 5.82 Å². The molecule has 0 amide bonds. The van der Waals surface area contributed by atoms with E-state index in [9.17, 15) is 17.2 Å². The van der Waals surface area contributed by atoms with E-state index in [0.717, 1.165) is 22.5 Å². The predicted octanol–water partition coefficient (Wildman–Crippen LogP) is 3.03. The lowest BCUT2D eigenvalue weighted by Crippen LogP contribution is -2.27. The van der Waals surface area contributed by atoms with Gasteiger partial charge in [0.2, 0.25) is 0 Å². The molecule has 0 aliphatic heterocycles. The molecule has 0 aromatic heterocycles. The Hall–Kier alpha value is -1.86. The maximum atomic E-state index is 14.0. The highest BCUT2D eigenvalue weighted by molar-refractivity contribution is 7.92. The molecule has 2 aromatic carbocycles. The lowest BCUT2D eigenvalue weighted by molar-refractivity contribution is 0.566. The number of sulfonamides is 1. The minimum absolute atomic E-state index is 0.00705. The van der Waals surface area contributed by atoms with Crippen molar-refractivity contribution < 1.29 is 17.2 Å². The average molecular weight is 333 g/mol. The zero-order valence-corrected chi connectivity index (χ0v) is 12.4. The monoisotopic (exact) mass is 332 g/mol. The number of hydrogen-bond donors (Lipinski definition) is 1. The van der Waals surface area contributed by atoms with Crippen molar-refractivity contribution in [1.82, 2.24) is 0 Å². The first-order valence-corrected chi connectivity index (χ1v) is 7.54. The van der Waals surface area contributed by atoms with Gasteiger partial charge in [-0.05, 0) is 30.3 Å². The first-order chi connectivity index (χ1) is 9.73. The van der Waals surface area contributed by atoms with E-state index in [0.29, 0.717) is 0 Å². The Morgan fingerprint density at radius 2 is 1.86 bits per heavy atom. The molecule has 0 saturated heterocycles. The van der Waals surface area contributed by atoms with Crippen molar-refractivity contribution in [3.63, 3.8) is 0 Å². The van der Waals surface area contributed by atoms with Crippen LogP contribution in [0.4, 0.5) is 20.2 Å². The Labute approximate surface area is 125 Å². The molecule has 112 valence electrons. The first kappa shape index (κ1) is 15.5. The maximum absolute atomic E-state index is 14.0. The third-order valence-corrected chi connectivity index (χ3v) is 4.89. The Kier molecular flexibility index (Phi) is 4.06. The van der Waals surface area contributed by atoms with Gasteiger partial charge in [-0.3, -0.25) is 4.31 Å². The number of anilines is 2. The van der Waals surface area contributed by atoms with Crippen molar-refractivity contribution in [3.8, 4) is 0 Å². The molecule has 0 aliphatic rings. The van der Waals surface area contributed by atoms with Gasteiger partial charge in [0, 0.05) is 12.7 Å². The highest BCUT2D eigenvalue weighted by Gasteiger charge is 2.27. The van der Waals surface area contributed by atoms with Crippen LogP contribution >= 0.6 is 11.6 Å². The predicted molar refractivity (Wildman–Crippen MR) is 77.8 cm³/mol. The molecule has 0 radical (unpaired) electrons. The van der Waals surface area contributed by atoms with E-state index >= 15 is 0 Å². The number of rotatable bonds is 3. The first-order valence-electron chi connectivity index (χ1n) is 5.72. The van der Waals surface area contributed by atoms with Crippen LogP contribution in [0.1, 0.15) is 0 Å². The molecule has 0 saturated carbocycles. The lowest BCUT2D eigenvalue weighted by Gasteiger charge is -2.20. The van der Waals surface area contributed by atoms with Crippen molar-refractivity contribution in [3.05, 3.63) is 53.1 Å². The number of halogens is 3. The van der Waals surface area contributed by atoms with E-state index < -0.39 is 31.6 Å². The largest absolute Gasteiger partial charge is 0.399 e. The van der Waals surface area contributed by atoms with E-state index in [1.54, 1.807) is 0 Å². The summed E-state index contributed by atoms with van der Waals surface area (Å²) in [5, 5.41) is -0.402. The third-order valence-electron chi connectivity index (χ3n) is 2.83. The van der Waals surface area contributed by atoms with Crippen molar-refractivity contribution in [2.24, 2.45) is 0 Å². The summed E-state index contributed by atoms with van der Waals surface area (Å²) in [5.41, 5.74) is 5.55. The highest BCUT2D eigenvalue weighted by atomic mass is 35.5. The molecule has 4 nitrogen and oxygen atoms in total. The van der Waals surface area contributed by atoms with Crippen LogP contribution in [-0.2, 0) is 10.0 Å². The minimum atomic E-state index is -4.26. The van der Waals surface area contributed by atoms with Gasteiger partial charge < -0.3 is 5.73 Å². The SMILES string of the molecule is CN(c1cccc(F)c1)S(=O)(=O)c1cc(N)cc(Cl)c1F. The molecule has 0 bridgehead atoms. The van der Waals surface area contributed by atoms with E-state index in [1.165, 1.54) is 25.2 Å². The molecule has 21 heavy (non-hydrogen) atoms. The van der Waals surface area contributed by atoms with Crippen LogP contribution < -0.4 is 10.0 Å². The average Bonchev–Trinajstić information content (AvgIpc) is 2.41. The molecule has 0 heterocycles. The van der Waals surface area contributed by atoms with E-state index in [1.807, 2.05) is 0 Å². The van der Waals surface area contributed by atoms with Crippen LogP contribution in [0, 0.1) is 11.6 Å². The zero-order valence-electron chi connectivity index (χ0n) is 10.8. The molecule has 0 unspecified atom stereocenters. The van der Waals surface area contributed by atoms with Crippen LogP contribution in [-0.4, -0.2) is 15.5 Å². The topological polar surface area (TPSA) is 63.4 Å². The van der Waals surface area contributed by atoms with Gasteiger partial charge in [0.1, 0.15) is 10.7 Å². The second-order valence-corrected chi connectivity index (χ2v) is 6.61. The normalized spacial score (nSPS) is 11.4. The van der Waals surface area contributed by atoms with Crippen LogP contribution in [0.15, 0.2) is 41.3 Å². The van der Waals surface area contributed by atoms with Crippen LogP contribution in [0.5, 0.6) is 0 Å². The summed E-state index contributed by atoms with van der Waals surface area (Å²) in [4.78, 5) is -0.667. The molecule has 0 aliphatic carbocycles. The summed E-state index contributed by atoms with van der Waals surface area (Å²) in [6, 6.07) is 6.99. The van der Waals surface area contributed by atoms with Crippen LogP contribution in [0.2, 0.25) is 5.02 Å². The quantitative estimate of drug-likeness (QED) is 0.879. The van der Waals surface area contributed by atoms with Gasteiger partial charge in [-0.1, -0.05) is 17.7 Å². The molecule has 2 rings (SSSR count). The number of nitrogen functional groups attached to an aromatic ring is 1. The van der Waals surface area contributed by atoms with Crippen molar-refractivity contribution in [1.29, 1.82) is 0 Å². The summed E-state index contributed by atoms with van der Waals surface area (Å²) in [5.74, 6) is -1.71. The fourth-order valence-corrected chi connectivity index (χ4v) is 3.32. The van der Waals surface area contributed by atoms with Gasteiger partial charge in [-0.2, -0.15) is 0 Å². The van der Waals surface area contributed by atoms with Gasteiger partial charge >= 0.3 is 0 Å². The Morgan fingerprint density at radius 1 is 1.19 bits per heavy atom. The van der Waals surface area contributed by atoms with Crippen LogP contribution in [0.25, 0.3) is 0 Å². The third kappa shape index (κ3) is 2.93. The summed E-state index contributed by atoms with van der Waals surface area (Å²) < 4.78 is 52.7. The van der Waals surface area contributed by atoms with E-state index in [2.05, 4.69) is 0 Å². The number of benzene rings is 2. The molecule has 0 spiro atoms. The zero-order chi connectivity index (χ0) is 15.8. The van der Waals surface area contributed by atoms with Crippen molar-refractivity contribution in [2.75, 3.05) is 17.1 Å². The fourth-order valence-electron chi connectivity index (χ4n) is 1.73. The Bertz CT molecular complexity index is 797. The van der Waals surface area contributed by atoms with Crippen molar-refractivity contribution in [2.45, 2.75) is 4.90 Å². The number of nitrogens with zero attached hydrogens (tertiary/aromatic N) is 1. The highest BCUT2D eigenvalue weighted by Crippen LogP contribution is 2.29. The molecule has 2 N–H and O–H groups in total. The summed E-state index contributed by atoms with van der Waals surface area (Å²) >= 11 is 5.60. The fraction of sp³-hybridized carbons (Fsp3) is 0.0769. The maximum Gasteiger partial charge on any atom is 0.267 e. The minimum Gasteiger partial charge on any atom is -0.399 e.